The molecule has 1 saturated heterocycles. The van der Waals surface area contributed by atoms with Gasteiger partial charge < -0.3 is 10.6 Å². The van der Waals surface area contributed by atoms with Crippen LogP contribution >= 0.6 is 0 Å². The van der Waals surface area contributed by atoms with E-state index in [1.54, 1.807) is 12.1 Å². The van der Waals surface area contributed by atoms with E-state index < -0.39 is 5.91 Å². The molecule has 2 N–H and O–H groups in total. The molecule has 124 valence electrons. The minimum atomic E-state index is -0.404. The largest absolute Gasteiger partial charge is 0.366 e. The van der Waals surface area contributed by atoms with Crippen LogP contribution < -0.4 is 10.6 Å². The molecule has 5 nitrogen and oxygen atoms in total. The van der Waals surface area contributed by atoms with Crippen molar-refractivity contribution in [3.05, 3.63) is 41.1 Å². The van der Waals surface area contributed by atoms with Crippen LogP contribution in [0.4, 0.5) is 5.95 Å². The fourth-order valence-electron chi connectivity index (χ4n) is 3.64. The highest BCUT2D eigenvalue weighted by molar-refractivity contribution is 5.93. The van der Waals surface area contributed by atoms with E-state index in [0.717, 1.165) is 43.0 Å². The van der Waals surface area contributed by atoms with Crippen molar-refractivity contribution in [2.45, 2.75) is 39.2 Å². The first-order valence-corrected chi connectivity index (χ1v) is 8.61. The second-order valence-electron chi connectivity index (χ2n) is 6.96. The highest BCUT2D eigenvalue weighted by Crippen LogP contribution is 2.35. The van der Waals surface area contributed by atoms with E-state index in [-0.39, 0.29) is 0 Å². The highest BCUT2D eigenvalue weighted by Gasteiger charge is 2.35. The first-order chi connectivity index (χ1) is 11.5. The van der Waals surface area contributed by atoms with E-state index in [0.29, 0.717) is 17.5 Å². The summed E-state index contributed by atoms with van der Waals surface area (Å²) in [5.74, 6) is 1.12. The van der Waals surface area contributed by atoms with Gasteiger partial charge in [0, 0.05) is 35.0 Å². The standard InChI is InChI=1S/C19H22N4O/c1-11-10-23(12(11)2)19-21-16-5-3-4-15(16)17(22-19)13-6-8-14(9-7-13)18(20)24/h6-9,11-12H,3-5,10H2,1-2H3,(H2,20,24)/t11-,12+/m1/s1. The molecule has 1 amide bonds. The van der Waals surface area contributed by atoms with Crippen LogP contribution in [0.5, 0.6) is 0 Å². The number of hydrogen-bond donors (Lipinski definition) is 1. The molecule has 2 aromatic rings. The Bertz CT molecular complexity index is 800. The third-order valence-corrected chi connectivity index (χ3v) is 5.42. The SMILES string of the molecule is C[C@@H]1CN(c2nc3c(c(-c4ccc(C(N)=O)cc4)n2)CCC3)[C@H]1C. The Balaban J connectivity index is 1.77. The Morgan fingerprint density at radius 3 is 2.54 bits per heavy atom. The highest BCUT2D eigenvalue weighted by atomic mass is 16.1. The minimum absolute atomic E-state index is 0.404. The number of anilines is 1. The van der Waals surface area contributed by atoms with Crippen LogP contribution in [-0.4, -0.2) is 28.5 Å². The van der Waals surface area contributed by atoms with Gasteiger partial charge in [0.15, 0.2) is 0 Å². The number of rotatable bonds is 3. The number of aromatic nitrogens is 2. The number of amides is 1. The minimum Gasteiger partial charge on any atom is -0.366 e. The van der Waals surface area contributed by atoms with Crippen LogP contribution in [0.15, 0.2) is 24.3 Å². The molecule has 24 heavy (non-hydrogen) atoms. The number of nitrogens with zero attached hydrogens (tertiary/aromatic N) is 3. The molecule has 0 saturated carbocycles. The zero-order valence-electron chi connectivity index (χ0n) is 14.1. The summed E-state index contributed by atoms with van der Waals surface area (Å²) in [6.45, 7) is 5.50. The first kappa shape index (κ1) is 15.1. The van der Waals surface area contributed by atoms with Crippen LogP contribution in [-0.2, 0) is 12.8 Å². The zero-order valence-corrected chi connectivity index (χ0v) is 14.1. The second-order valence-corrected chi connectivity index (χ2v) is 6.96. The summed E-state index contributed by atoms with van der Waals surface area (Å²) in [6, 6.07) is 7.90. The van der Waals surface area contributed by atoms with Gasteiger partial charge in [0.05, 0.1) is 5.69 Å². The topological polar surface area (TPSA) is 72.1 Å². The third-order valence-electron chi connectivity index (χ3n) is 5.42. The summed E-state index contributed by atoms with van der Waals surface area (Å²) in [4.78, 5) is 23.3. The smallest absolute Gasteiger partial charge is 0.248 e. The fourth-order valence-corrected chi connectivity index (χ4v) is 3.64. The van der Waals surface area contributed by atoms with Crippen molar-refractivity contribution < 1.29 is 4.79 Å². The van der Waals surface area contributed by atoms with Gasteiger partial charge in [0.2, 0.25) is 11.9 Å². The lowest BCUT2D eigenvalue weighted by atomic mass is 9.92. The Hall–Kier alpha value is -2.43. The molecule has 1 fully saturated rings. The van der Waals surface area contributed by atoms with Crippen molar-refractivity contribution in [2.75, 3.05) is 11.4 Å². The average Bonchev–Trinajstić information content (AvgIpc) is 3.07. The summed E-state index contributed by atoms with van der Waals surface area (Å²) in [7, 11) is 0. The van der Waals surface area contributed by atoms with E-state index in [9.17, 15) is 4.79 Å². The molecule has 1 aromatic heterocycles. The van der Waals surface area contributed by atoms with Crippen molar-refractivity contribution >= 4 is 11.9 Å². The van der Waals surface area contributed by atoms with Crippen molar-refractivity contribution in [3.63, 3.8) is 0 Å². The molecule has 0 spiro atoms. The number of primary amides is 1. The molecule has 4 rings (SSSR count). The first-order valence-electron chi connectivity index (χ1n) is 8.61. The number of carbonyl (C=O) groups is 1. The van der Waals surface area contributed by atoms with Crippen LogP contribution in [0.25, 0.3) is 11.3 Å². The number of benzene rings is 1. The van der Waals surface area contributed by atoms with Gasteiger partial charge >= 0.3 is 0 Å². The normalized spacial score (nSPS) is 22.2. The summed E-state index contributed by atoms with van der Waals surface area (Å²) >= 11 is 0. The van der Waals surface area contributed by atoms with Crippen molar-refractivity contribution in [3.8, 4) is 11.3 Å². The van der Waals surface area contributed by atoms with Gasteiger partial charge in [-0.3, -0.25) is 4.79 Å². The fraction of sp³-hybridized carbons (Fsp3) is 0.421. The van der Waals surface area contributed by atoms with E-state index in [4.69, 9.17) is 15.7 Å². The van der Waals surface area contributed by atoms with Crippen molar-refractivity contribution in [2.24, 2.45) is 11.7 Å². The molecule has 5 heteroatoms. The van der Waals surface area contributed by atoms with E-state index in [1.807, 2.05) is 12.1 Å². The number of aryl methyl sites for hydroxylation is 1. The van der Waals surface area contributed by atoms with Gasteiger partial charge in [-0.15, -0.1) is 0 Å². The maximum atomic E-state index is 11.3. The van der Waals surface area contributed by atoms with E-state index in [2.05, 4.69) is 18.7 Å². The zero-order chi connectivity index (χ0) is 16.8. The Morgan fingerprint density at radius 1 is 1.17 bits per heavy atom. The lowest BCUT2D eigenvalue weighted by Gasteiger charge is -2.45. The molecule has 1 aromatic carbocycles. The maximum absolute atomic E-state index is 11.3. The Labute approximate surface area is 141 Å². The van der Waals surface area contributed by atoms with Gasteiger partial charge in [-0.05, 0) is 44.2 Å². The van der Waals surface area contributed by atoms with Crippen LogP contribution in [0.2, 0.25) is 0 Å². The number of hydrogen-bond acceptors (Lipinski definition) is 4. The van der Waals surface area contributed by atoms with Crippen LogP contribution in [0.3, 0.4) is 0 Å². The second kappa shape index (κ2) is 5.58. The predicted octanol–water partition coefficient (Wildman–Crippen LogP) is 2.58. The van der Waals surface area contributed by atoms with Gasteiger partial charge in [0.25, 0.3) is 0 Å². The summed E-state index contributed by atoms with van der Waals surface area (Å²) in [6.07, 6.45) is 3.18. The quantitative estimate of drug-likeness (QED) is 0.942. The molecule has 0 radical (unpaired) electrons. The molecule has 1 aliphatic heterocycles. The number of nitrogens with two attached hydrogens (primary N) is 1. The number of carbonyl (C=O) groups excluding carboxylic acids is 1. The lowest BCUT2D eigenvalue weighted by molar-refractivity contribution is 0.100. The molecule has 1 aliphatic carbocycles. The van der Waals surface area contributed by atoms with E-state index in [1.165, 1.54) is 11.3 Å². The van der Waals surface area contributed by atoms with Crippen molar-refractivity contribution in [1.29, 1.82) is 0 Å². The van der Waals surface area contributed by atoms with Crippen LogP contribution in [0.1, 0.15) is 41.9 Å². The van der Waals surface area contributed by atoms with Gasteiger partial charge in [-0.25, -0.2) is 9.97 Å². The lowest BCUT2D eigenvalue weighted by Crippen LogP contribution is -2.54. The third kappa shape index (κ3) is 2.35. The molecule has 0 bridgehead atoms. The maximum Gasteiger partial charge on any atom is 0.248 e. The Kier molecular flexibility index (Phi) is 3.52. The Morgan fingerprint density at radius 2 is 1.92 bits per heavy atom. The van der Waals surface area contributed by atoms with Gasteiger partial charge in [0.1, 0.15) is 0 Å². The molecule has 2 aliphatic rings. The summed E-state index contributed by atoms with van der Waals surface area (Å²) in [5.41, 5.74) is 10.3. The average molecular weight is 322 g/mol. The van der Waals surface area contributed by atoms with Crippen molar-refractivity contribution in [1.82, 2.24) is 9.97 Å². The van der Waals surface area contributed by atoms with Gasteiger partial charge in [-0.1, -0.05) is 19.1 Å². The monoisotopic (exact) mass is 322 g/mol. The van der Waals surface area contributed by atoms with Gasteiger partial charge in [-0.2, -0.15) is 0 Å². The van der Waals surface area contributed by atoms with Crippen LogP contribution in [0, 0.1) is 5.92 Å². The molecular weight excluding hydrogens is 300 g/mol. The molecular formula is C19H22N4O. The molecule has 2 atom stereocenters. The predicted molar refractivity (Wildman–Crippen MR) is 94.0 cm³/mol. The molecule has 2 heterocycles. The summed E-state index contributed by atoms with van der Waals surface area (Å²) < 4.78 is 0. The van der Waals surface area contributed by atoms with E-state index >= 15 is 0 Å². The molecule has 0 unspecified atom stereocenters. The number of fused-ring (bicyclic) bond motifs is 1. The summed E-state index contributed by atoms with van der Waals surface area (Å²) in [5, 5.41) is 0.